The van der Waals surface area contributed by atoms with E-state index in [9.17, 15) is 9.18 Å². The number of amides is 1. The molecule has 158 valence electrons. The molecule has 1 atom stereocenters. The maximum atomic E-state index is 13.7. The summed E-state index contributed by atoms with van der Waals surface area (Å²) in [5.41, 5.74) is 2.41. The lowest BCUT2D eigenvalue weighted by molar-refractivity contribution is -0.113. The van der Waals surface area contributed by atoms with Crippen molar-refractivity contribution in [3.8, 4) is 5.75 Å². The molecular weight excluding hydrogens is 403 g/mol. The van der Waals surface area contributed by atoms with Gasteiger partial charge >= 0.3 is 0 Å². The summed E-state index contributed by atoms with van der Waals surface area (Å²) < 4.78 is 21.8. The Balaban J connectivity index is 1.67. The van der Waals surface area contributed by atoms with Crippen molar-refractivity contribution in [2.24, 2.45) is 0 Å². The lowest BCUT2D eigenvalue weighted by Gasteiger charge is -2.17. The SMILES string of the molecule is CCn1c(SCC(=O)Nc2ccccc2F)nnc1C(C)Oc1cccc(C)c1C. The van der Waals surface area contributed by atoms with Gasteiger partial charge in [0, 0.05) is 6.54 Å². The third kappa shape index (κ3) is 4.99. The van der Waals surface area contributed by atoms with Gasteiger partial charge in [0.2, 0.25) is 5.91 Å². The first-order valence-corrected chi connectivity index (χ1v) is 10.7. The van der Waals surface area contributed by atoms with E-state index in [0.717, 1.165) is 16.9 Å². The fourth-order valence-electron chi connectivity index (χ4n) is 2.98. The summed E-state index contributed by atoms with van der Waals surface area (Å²) in [5.74, 6) is 0.824. The molecule has 0 aliphatic heterocycles. The first-order valence-electron chi connectivity index (χ1n) is 9.73. The van der Waals surface area contributed by atoms with E-state index >= 15 is 0 Å². The smallest absolute Gasteiger partial charge is 0.234 e. The Hall–Kier alpha value is -2.87. The van der Waals surface area contributed by atoms with Crippen LogP contribution >= 0.6 is 11.8 Å². The van der Waals surface area contributed by atoms with E-state index in [-0.39, 0.29) is 23.5 Å². The van der Waals surface area contributed by atoms with Gasteiger partial charge in [0.1, 0.15) is 11.6 Å². The molecule has 3 rings (SSSR count). The molecule has 6 nitrogen and oxygen atoms in total. The average Bonchev–Trinajstić information content (AvgIpc) is 3.14. The zero-order valence-electron chi connectivity index (χ0n) is 17.5. The Morgan fingerprint density at radius 3 is 2.70 bits per heavy atom. The number of carbonyl (C=O) groups is 1. The van der Waals surface area contributed by atoms with Crippen LogP contribution < -0.4 is 10.1 Å². The summed E-state index contributed by atoms with van der Waals surface area (Å²) in [6.07, 6.45) is -0.306. The Kier molecular flexibility index (Phi) is 7.10. The van der Waals surface area contributed by atoms with E-state index in [1.165, 1.54) is 23.9 Å². The predicted molar refractivity (Wildman–Crippen MR) is 116 cm³/mol. The van der Waals surface area contributed by atoms with Crippen molar-refractivity contribution in [2.45, 2.75) is 45.5 Å². The molecule has 1 heterocycles. The minimum absolute atomic E-state index is 0.0959. The van der Waals surface area contributed by atoms with Crippen molar-refractivity contribution in [1.82, 2.24) is 14.8 Å². The van der Waals surface area contributed by atoms with Crippen LogP contribution in [0.1, 0.15) is 36.9 Å². The first kappa shape index (κ1) is 21.8. The standard InChI is InChI=1S/C22H25FN4O2S/c1-5-27-21(16(4)29-19-12-8-9-14(2)15(19)3)25-26-22(27)30-13-20(28)24-18-11-7-6-10-17(18)23/h6-12,16H,5,13H2,1-4H3,(H,24,28). The van der Waals surface area contributed by atoms with E-state index < -0.39 is 5.82 Å². The van der Waals surface area contributed by atoms with Gasteiger partial charge in [-0.1, -0.05) is 36.0 Å². The lowest BCUT2D eigenvalue weighted by atomic mass is 10.1. The number of rotatable bonds is 8. The second-order valence-electron chi connectivity index (χ2n) is 6.86. The summed E-state index contributed by atoms with van der Waals surface area (Å²) in [4.78, 5) is 12.2. The van der Waals surface area contributed by atoms with Gasteiger partial charge in [-0.05, 0) is 57.0 Å². The molecule has 2 aromatic carbocycles. The van der Waals surface area contributed by atoms with Crippen molar-refractivity contribution in [3.63, 3.8) is 0 Å². The molecule has 3 aromatic rings. The molecule has 1 unspecified atom stereocenters. The molecule has 8 heteroatoms. The van der Waals surface area contributed by atoms with Crippen LogP contribution in [0.5, 0.6) is 5.75 Å². The van der Waals surface area contributed by atoms with Gasteiger partial charge in [-0.15, -0.1) is 10.2 Å². The number of carbonyl (C=O) groups excluding carboxylic acids is 1. The molecule has 1 amide bonds. The van der Waals surface area contributed by atoms with Gasteiger partial charge in [0.05, 0.1) is 11.4 Å². The van der Waals surface area contributed by atoms with E-state index in [2.05, 4.69) is 15.5 Å². The molecule has 30 heavy (non-hydrogen) atoms. The number of aryl methyl sites for hydroxylation is 1. The number of benzene rings is 2. The number of hydrogen-bond donors (Lipinski definition) is 1. The molecule has 0 fully saturated rings. The first-order chi connectivity index (χ1) is 14.4. The van der Waals surface area contributed by atoms with Gasteiger partial charge < -0.3 is 14.6 Å². The van der Waals surface area contributed by atoms with Gasteiger partial charge in [0.15, 0.2) is 17.1 Å². The molecule has 1 aromatic heterocycles. The van der Waals surface area contributed by atoms with E-state index in [1.54, 1.807) is 12.1 Å². The number of hydrogen-bond acceptors (Lipinski definition) is 5. The van der Waals surface area contributed by atoms with Gasteiger partial charge in [-0.25, -0.2) is 4.39 Å². The van der Waals surface area contributed by atoms with Crippen molar-refractivity contribution < 1.29 is 13.9 Å². The highest BCUT2D eigenvalue weighted by molar-refractivity contribution is 7.99. The van der Waals surface area contributed by atoms with Crippen LogP contribution in [-0.4, -0.2) is 26.4 Å². The molecule has 0 aliphatic rings. The normalized spacial score (nSPS) is 11.9. The van der Waals surface area contributed by atoms with E-state index in [1.807, 2.05) is 50.5 Å². The molecule has 0 aliphatic carbocycles. The second-order valence-corrected chi connectivity index (χ2v) is 7.80. The Morgan fingerprint density at radius 2 is 1.97 bits per heavy atom. The zero-order chi connectivity index (χ0) is 21.7. The minimum Gasteiger partial charge on any atom is -0.482 e. The maximum Gasteiger partial charge on any atom is 0.234 e. The summed E-state index contributed by atoms with van der Waals surface area (Å²) >= 11 is 1.25. The fraction of sp³-hybridized carbons (Fsp3) is 0.318. The van der Waals surface area contributed by atoms with Crippen LogP contribution in [0, 0.1) is 19.7 Å². The highest BCUT2D eigenvalue weighted by atomic mass is 32.2. The minimum atomic E-state index is -0.465. The molecule has 0 spiro atoms. The number of anilines is 1. The monoisotopic (exact) mass is 428 g/mol. The topological polar surface area (TPSA) is 69.0 Å². The van der Waals surface area contributed by atoms with Crippen LogP contribution in [0.15, 0.2) is 47.6 Å². The summed E-state index contributed by atoms with van der Waals surface area (Å²) in [7, 11) is 0. The van der Waals surface area contributed by atoms with E-state index in [0.29, 0.717) is 17.5 Å². The average molecular weight is 429 g/mol. The number of ether oxygens (including phenoxy) is 1. The lowest BCUT2D eigenvalue weighted by Crippen LogP contribution is -2.16. The number of para-hydroxylation sites is 1. The largest absolute Gasteiger partial charge is 0.482 e. The maximum absolute atomic E-state index is 13.7. The van der Waals surface area contributed by atoms with Crippen LogP contribution in [0.25, 0.3) is 0 Å². The Morgan fingerprint density at radius 1 is 1.20 bits per heavy atom. The summed E-state index contributed by atoms with van der Waals surface area (Å²) in [6, 6.07) is 12.0. The Bertz CT molecular complexity index is 1040. The zero-order valence-corrected chi connectivity index (χ0v) is 18.3. The molecular formula is C22H25FN4O2S. The summed E-state index contributed by atoms with van der Waals surface area (Å²) in [6.45, 7) is 8.62. The molecule has 0 saturated heterocycles. The molecule has 0 saturated carbocycles. The number of aromatic nitrogens is 3. The molecule has 1 N–H and O–H groups in total. The number of nitrogens with one attached hydrogen (secondary N) is 1. The quantitative estimate of drug-likeness (QED) is 0.516. The van der Waals surface area contributed by atoms with Crippen molar-refractivity contribution >= 4 is 23.4 Å². The van der Waals surface area contributed by atoms with Crippen LogP contribution in [0.2, 0.25) is 0 Å². The Labute approximate surface area is 179 Å². The van der Waals surface area contributed by atoms with Gasteiger partial charge in [0.25, 0.3) is 0 Å². The van der Waals surface area contributed by atoms with Crippen molar-refractivity contribution in [1.29, 1.82) is 0 Å². The van der Waals surface area contributed by atoms with Crippen molar-refractivity contribution in [2.75, 3.05) is 11.1 Å². The van der Waals surface area contributed by atoms with Crippen LogP contribution in [-0.2, 0) is 11.3 Å². The number of halogens is 1. The highest BCUT2D eigenvalue weighted by Crippen LogP contribution is 2.28. The van der Waals surface area contributed by atoms with Crippen LogP contribution in [0.4, 0.5) is 10.1 Å². The number of nitrogens with zero attached hydrogens (tertiary/aromatic N) is 3. The van der Waals surface area contributed by atoms with Crippen LogP contribution in [0.3, 0.4) is 0 Å². The van der Waals surface area contributed by atoms with Gasteiger partial charge in [-0.3, -0.25) is 4.79 Å². The third-order valence-corrected chi connectivity index (χ3v) is 5.73. The van der Waals surface area contributed by atoms with Gasteiger partial charge in [-0.2, -0.15) is 0 Å². The van der Waals surface area contributed by atoms with E-state index in [4.69, 9.17) is 4.74 Å². The third-order valence-electron chi connectivity index (χ3n) is 4.76. The van der Waals surface area contributed by atoms with Crippen molar-refractivity contribution in [3.05, 3.63) is 65.2 Å². The predicted octanol–water partition coefficient (Wildman–Crippen LogP) is 4.92. The molecule has 0 radical (unpaired) electrons. The summed E-state index contributed by atoms with van der Waals surface area (Å²) in [5, 5.41) is 11.7. The second kappa shape index (κ2) is 9.75. The highest BCUT2D eigenvalue weighted by Gasteiger charge is 2.20. The fourth-order valence-corrected chi connectivity index (χ4v) is 3.79. The number of thioether (sulfide) groups is 1. The molecule has 0 bridgehead atoms.